The third kappa shape index (κ3) is 3.81. The Balaban J connectivity index is 2.97. The van der Waals surface area contributed by atoms with E-state index in [0.717, 1.165) is 5.56 Å². The Morgan fingerprint density at radius 2 is 1.90 bits per heavy atom. The van der Waals surface area contributed by atoms with Crippen LogP contribution in [-0.2, 0) is 9.53 Å². The topological polar surface area (TPSA) is 81.4 Å². The van der Waals surface area contributed by atoms with E-state index < -0.39 is 12.0 Å². The van der Waals surface area contributed by atoms with Gasteiger partial charge in [-0.3, -0.25) is 4.79 Å². The predicted octanol–water partition coefficient (Wildman–Crippen LogP) is 2.09. The summed E-state index contributed by atoms with van der Waals surface area (Å²) in [6.07, 6.45) is 0. The summed E-state index contributed by atoms with van der Waals surface area (Å²) in [5, 5.41) is 2.76. The molecule has 5 nitrogen and oxygen atoms in total. The number of rotatable bonds is 3. The van der Waals surface area contributed by atoms with Crippen LogP contribution in [0.3, 0.4) is 0 Å². The minimum absolute atomic E-state index is 0.275. The molecule has 1 rings (SSSR count). The minimum Gasteiger partial charge on any atom is -0.465 e. The van der Waals surface area contributed by atoms with Gasteiger partial charge in [0.15, 0.2) is 0 Å². The quantitative estimate of drug-likeness (QED) is 0.830. The van der Waals surface area contributed by atoms with Crippen molar-refractivity contribution in [3.05, 3.63) is 29.3 Å². The second-order valence-corrected chi connectivity index (χ2v) is 5.85. The standard InChI is InChI=1S/C15H22N2O3/c1-9-6-7-10(14(19)20-5)8-11(9)17-13(18)12(16)15(2,3)4/h6-8,12H,16H2,1-5H3,(H,17,18). The van der Waals surface area contributed by atoms with Crippen LogP contribution in [0.25, 0.3) is 0 Å². The van der Waals surface area contributed by atoms with Crippen LogP contribution in [-0.4, -0.2) is 25.0 Å². The van der Waals surface area contributed by atoms with Gasteiger partial charge in [-0.25, -0.2) is 4.79 Å². The smallest absolute Gasteiger partial charge is 0.337 e. The summed E-state index contributed by atoms with van der Waals surface area (Å²) in [6, 6.07) is 4.36. The molecule has 0 saturated carbocycles. The first-order chi connectivity index (χ1) is 9.16. The second-order valence-electron chi connectivity index (χ2n) is 5.85. The molecule has 0 radical (unpaired) electrons. The monoisotopic (exact) mass is 278 g/mol. The van der Waals surface area contributed by atoms with Gasteiger partial charge in [0.1, 0.15) is 0 Å². The van der Waals surface area contributed by atoms with E-state index in [1.54, 1.807) is 18.2 Å². The van der Waals surface area contributed by atoms with Crippen molar-refractivity contribution in [2.75, 3.05) is 12.4 Å². The first-order valence-electron chi connectivity index (χ1n) is 6.42. The molecule has 0 heterocycles. The first-order valence-corrected chi connectivity index (χ1v) is 6.42. The first kappa shape index (κ1) is 16.2. The summed E-state index contributed by atoms with van der Waals surface area (Å²) in [4.78, 5) is 23.6. The molecule has 0 fully saturated rings. The number of hydrogen-bond donors (Lipinski definition) is 2. The lowest BCUT2D eigenvalue weighted by atomic mass is 9.87. The number of benzene rings is 1. The maximum Gasteiger partial charge on any atom is 0.337 e. The molecular formula is C15H22N2O3. The fraction of sp³-hybridized carbons (Fsp3) is 0.467. The highest BCUT2D eigenvalue weighted by Crippen LogP contribution is 2.21. The normalized spacial score (nSPS) is 12.7. The Kier molecular flexibility index (Phi) is 4.89. The summed E-state index contributed by atoms with van der Waals surface area (Å²) in [5.41, 5.74) is 7.38. The highest BCUT2D eigenvalue weighted by molar-refractivity contribution is 5.97. The third-order valence-corrected chi connectivity index (χ3v) is 3.13. The summed E-state index contributed by atoms with van der Waals surface area (Å²) >= 11 is 0. The van der Waals surface area contributed by atoms with Crippen LogP contribution in [0.2, 0.25) is 0 Å². The van der Waals surface area contributed by atoms with Crippen molar-refractivity contribution < 1.29 is 14.3 Å². The lowest BCUT2D eigenvalue weighted by Crippen LogP contribution is -2.45. The zero-order valence-electron chi connectivity index (χ0n) is 12.6. The fourth-order valence-electron chi connectivity index (χ4n) is 1.61. The van der Waals surface area contributed by atoms with Crippen molar-refractivity contribution in [1.82, 2.24) is 0 Å². The van der Waals surface area contributed by atoms with E-state index in [4.69, 9.17) is 5.73 Å². The molecule has 0 saturated heterocycles. The number of carbonyl (C=O) groups excluding carboxylic acids is 2. The maximum atomic E-state index is 12.1. The Morgan fingerprint density at radius 1 is 1.30 bits per heavy atom. The van der Waals surface area contributed by atoms with Crippen molar-refractivity contribution >= 4 is 17.6 Å². The van der Waals surface area contributed by atoms with Gasteiger partial charge in [-0.2, -0.15) is 0 Å². The van der Waals surface area contributed by atoms with Crippen molar-refractivity contribution in [2.24, 2.45) is 11.1 Å². The van der Waals surface area contributed by atoms with E-state index in [1.807, 2.05) is 27.7 Å². The van der Waals surface area contributed by atoms with Gasteiger partial charge in [0.05, 0.1) is 18.7 Å². The van der Waals surface area contributed by atoms with E-state index >= 15 is 0 Å². The molecule has 5 heteroatoms. The molecular weight excluding hydrogens is 256 g/mol. The number of methoxy groups -OCH3 is 1. The maximum absolute atomic E-state index is 12.1. The summed E-state index contributed by atoms with van der Waals surface area (Å²) in [7, 11) is 1.32. The van der Waals surface area contributed by atoms with Gasteiger partial charge in [-0.15, -0.1) is 0 Å². The lowest BCUT2D eigenvalue weighted by Gasteiger charge is -2.26. The average Bonchev–Trinajstić information content (AvgIpc) is 2.38. The Hall–Kier alpha value is -1.88. The number of hydrogen-bond acceptors (Lipinski definition) is 4. The minimum atomic E-state index is -0.635. The fourth-order valence-corrected chi connectivity index (χ4v) is 1.61. The van der Waals surface area contributed by atoms with E-state index in [2.05, 4.69) is 10.1 Å². The van der Waals surface area contributed by atoms with E-state index in [-0.39, 0.29) is 11.3 Å². The second kappa shape index (κ2) is 6.05. The van der Waals surface area contributed by atoms with Crippen LogP contribution in [0.5, 0.6) is 0 Å². The Morgan fingerprint density at radius 3 is 2.40 bits per heavy atom. The van der Waals surface area contributed by atoms with E-state index in [0.29, 0.717) is 11.3 Å². The number of nitrogens with two attached hydrogens (primary N) is 1. The molecule has 3 N–H and O–H groups in total. The van der Waals surface area contributed by atoms with E-state index in [9.17, 15) is 9.59 Å². The van der Waals surface area contributed by atoms with Crippen LogP contribution < -0.4 is 11.1 Å². The van der Waals surface area contributed by atoms with Crippen LogP contribution >= 0.6 is 0 Å². The van der Waals surface area contributed by atoms with Crippen LogP contribution in [0.1, 0.15) is 36.7 Å². The molecule has 1 atom stereocenters. The van der Waals surface area contributed by atoms with Crippen molar-refractivity contribution in [3.63, 3.8) is 0 Å². The molecule has 0 bridgehead atoms. The third-order valence-electron chi connectivity index (χ3n) is 3.13. The van der Waals surface area contributed by atoms with Gasteiger partial charge in [0, 0.05) is 5.69 Å². The predicted molar refractivity (Wildman–Crippen MR) is 78.6 cm³/mol. The Bertz CT molecular complexity index is 518. The summed E-state index contributed by atoms with van der Waals surface area (Å²) in [5.74, 6) is -0.719. The highest BCUT2D eigenvalue weighted by atomic mass is 16.5. The molecule has 0 aliphatic rings. The van der Waals surface area contributed by atoms with Gasteiger partial charge in [-0.1, -0.05) is 26.8 Å². The largest absolute Gasteiger partial charge is 0.465 e. The zero-order valence-corrected chi connectivity index (χ0v) is 12.6. The number of aryl methyl sites for hydroxylation is 1. The number of carbonyl (C=O) groups is 2. The van der Waals surface area contributed by atoms with Gasteiger partial charge in [0.25, 0.3) is 0 Å². The molecule has 110 valence electrons. The Labute approximate surface area is 119 Å². The molecule has 20 heavy (non-hydrogen) atoms. The summed E-state index contributed by atoms with van der Waals surface area (Å²) < 4.78 is 4.66. The van der Waals surface area contributed by atoms with Gasteiger partial charge < -0.3 is 15.8 Å². The number of anilines is 1. The SMILES string of the molecule is COC(=O)c1ccc(C)c(NC(=O)C(N)C(C)(C)C)c1. The molecule has 1 aromatic rings. The number of esters is 1. The number of ether oxygens (including phenoxy) is 1. The lowest BCUT2D eigenvalue weighted by molar-refractivity contribution is -0.119. The molecule has 1 unspecified atom stereocenters. The number of amides is 1. The average molecular weight is 278 g/mol. The van der Waals surface area contributed by atoms with Crippen molar-refractivity contribution in [2.45, 2.75) is 33.7 Å². The molecule has 0 spiro atoms. The molecule has 0 aromatic heterocycles. The molecule has 0 aliphatic carbocycles. The van der Waals surface area contributed by atoms with Crippen molar-refractivity contribution in [1.29, 1.82) is 0 Å². The molecule has 1 amide bonds. The number of nitrogens with one attached hydrogen (secondary N) is 1. The molecule has 0 aliphatic heterocycles. The molecule has 1 aromatic carbocycles. The van der Waals surface area contributed by atoms with E-state index in [1.165, 1.54) is 7.11 Å². The van der Waals surface area contributed by atoms with Gasteiger partial charge in [0.2, 0.25) is 5.91 Å². The zero-order chi connectivity index (χ0) is 15.5. The summed E-state index contributed by atoms with van der Waals surface area (Å²) in [6.45, 7) is 7.54. The van der Waals surface area contributed by atoms with Gasteiger partial charge >= 0.3 is 5.97 Å². The van der Waals surface area contributed by atoms with Crippen LogP contribution in [0.4, 0.5) is 5.69 Å². The van der Waals surface area contributed by atoms with Crippen molar-refractivity contribution in [3.8, 4) is 0 Å². The van der Waals surface area contributed by atoms with Gasteiger partial charge in [-0.05, 0) is 30.0 Å². The van der Waals surface area contributed by atoms with Crippen LogP contribution in [0.15, 0.2) is 18.2 Å². The highest BCUT2D eigenvalue weighted by Gasteiger charge is 2.27. The van der Waals surface area contributed by atoms with Crippen LogP contribution in [0, 0.1) is 12.3 Å².